The van der Waals surface area contributed by atoms with Crippen LogP contribution in [-0.2, 0) is 0 Å². The molecule has 2 aromatic carbocycles. The third kappa shape index (κ3) is 3.71. The molecule has 3 N–H and O–H groups in total. The van der Waals surface area contributed by atoms with Gasteiger partial charge >= 0.3 is 0 Å². The first-order chi connectivity index (χ1) is 13.6. The SMILES string of the molecule is Nc1c(NCCCOc2ccc3c(c2)C(N2CCCCC2)CCO3)c(=O)c1=O. The third-order valence-electron chi connectivity index (χ3n) is 5.66. The topological polar surface area (TPSA) is 93.9 Å². The van der Waals surface area contributed by atoms with Crippen LogP contribution >= 0.6 is 0 Å². The molecule has 0 radical (unpaired) electrons. The van der Waals surface area contributed by atoms with Crippen LogP contribution < -0.4 is 31.4 Å². The molecule has 2 aromatic rings. The van der Waals surface area contributed by atoms with E-state index in [9.17, 15) is 9.59 Å². The molecule has 7 heteroatoms. The van der Waals surface area contributed by atoms with Gasteiger partial charge in [0.2, 0.25) is 0 Å². The number of benzene rings is 1. The van der Waals surface area contributed by atoms with E-state index in [1.807, 2.05) is 12.1 Å². The van der Waals surface area contributed by atoms with Gasteiger partial charge < -0.3 is 20.5 Å². The molecule has 2 heterocycles. The molecule has 1 unspecified atom stereocenters. The standard InChI is InChI=1S/C21H27N3O4/c22-18-19(21(26)20(18)25)23-8-4-11-27-14-5-6-17-15(13-14)16(7-12-28-17)24-9-2-1-3-10-24/h5-6,13,16,23H,1-4,7-12,22H2. The van der Waals surface area contributed by atoms with Crippen LogP contribution in [0.2, 0.25) is 0 Å². The maximum atomic E-state index is 11.4. The van der Waals surface area contributed by atoms with Crippen LogP contribution in [0.1, 0.15) is 43.7 Å². The van der Waals surface area contributed by atoms with Gasteiger partial charge in [-0.15, -0.1) is 0 Å². The van der Waals surface area contributed by atoms with Gasteiger partial charge in [0.1, 0.15) is 22.9 Å². The van der Waals surface area contributed by atoms with Gasteiger partial charge in [0.15, 0.2) is 0 Å². The molecule has 4 rings (SSSR count). The second-order valence-corrected chi connectivity index (χ2v) is 7.52. The van der Waals surface area contributed by atoms with Crippen molar-refractivity contribution in [3.63, 3.8) is 0 Å². The van der Waals surface area contributed by atoms with E-state index in [2.05, 4.69) is 16.3 Å². The van der Waals surface area contributed by atoms with E-state index in [1.165, 1.54) is 24.8 Å². The molecule has 0 saturated carbocycles. The number of nitrogen functional groups attached to an aromatic ring is 1. The van der Waals surface area contributed by atoms with E-state index in [1.54, 1.807) is 0 Å². The molecule has 2 aliphatic heterocycles. The first-order valence-electron chi connectivity index (χ1n) is 10.1. The Hall–Kier alpha value is -2.54. The Morgan fingerprint density at radius 3 is 2.79 bits per heavy atom. The summed E-state index contributed by atoms with van der Waals surface area (Å²) in [5, 5.41) is 2.91. The van der Waals surface area contributed by atoms with Crippen LogP contribution in [0.15, 0.2) is 27.8 Å². The van der Waals surface area contributed by atoms with Crippen molar-refractivity contribution in [3.8, 4) is 11.5 Å². The van der Waals surface area contributed by atoms with Gasteiger partial charge in [0, 0.05) is 24.6 Å². The number of hydrogen-bond acceptors (Lipinski definition) is 7. The predicted octanol–water partition coefficient (Wildman–Crippen LogP) is 2.06. The fraction of sp³-hybridized carbons (Fsp3) is 0.524. The minimum Gasteiger partial charge on any atom is -0.494 e. The minimum absolute atomic E-state index is 0.0318. The molecular formula is C21H27N3O4. The molecule has 28 heavy (non-hydrogen) atoms. The number of fused-ring (bicyclic) bond motifs is 1. The molecule has 1 fully saturated rings. The number of hydrogen-bond donors (Lipinski definition) is 2. The predicted molar refractivity (Wildman–Crippen MR) is 109 cm³/mol. The zero-order valence-corrected chi connectivity index (χ0v) is 16.0. The highest BCUT2D eigenvalue weighted by Gasteiger charge is 2.28. The zero-order chi connectivity index (χ0) is 19.5. The van der Waals surface area contributed by atoms with Gasteiger partial charge in [-0.25, -0.2) is 0 Å². The lowest BCUT2D eigenvalue weighted by atomic mass is 9.96. The normalized spacial score (nSPS) is 19.8. The minimum atomic E-state index is -0.599. The number of rotatable bonds is 7. The number of ether oxygens (including phenoxy) is 2. The Kier molecular flexibility index (Phi) is 5.52. The molecule has 0 aromatic heterocycles. The highest BCUT2D eigenvalue weighted by atomic mass is 16.5. The number of nitrogens with zero attached hydrogens (tertiary/aromatic N) is 1. The summed E-state index contributed by atoms with van der Waals surface area (Å²) in [6, 6.07) is 6.46. The van der Waals surface area contributed by atoms with Gasteiger partial charge in [-0.3, -0.25) is 14.5 Å². The number of anilines is 2. The van der Waals surface area contributed by atoms with Crippen LogP contribution in [0.25, 0.3) is 0 Å². The Morgan fingerprint density at radius 1 is 1.18 bits per heavy atom. The van der Waals surface area contributed by atoms with Crippen LogP contribution in [0.4, 0.5) is 11.4 Å². The second-order valence-electron chi connectivity index (χ2n) is 7.52. The van der Waals surface area contributed by atoms with Crippen molar-refractivity contribution in [1.29, 1.82) is 0 Å². The zero-order valence-electron chi connectivity index (χ0n) is 16.0. The summed E-state index contributed by atoms with van der Waals surface area (Å²) in [5.41, 5.74) is 5.86. The first-order valence-corrected chi connectivity index (χ1v) is 10.1. The van der Waals surface area contributed by atoms with E-state index in [-0.39, 0.29) is 11.4 Å². The Bertz CT molecular complexity index is 898. The van der Waals surface area contributed by atoms with Gasteiger partial charge in [-0.2, -0.15) is 0 Å². The van der Waals surface area contributed by atoms with E-state index in [0.717, 1.165) is 37.6 Å². The summed E-state index contributed by atoms with van der Waals surface area (Å²) < 4.78 is 11.8. The summed E-state index contributed by atoms with van der Waals surface area (Å²) in [6.45, 7) is 4.11. The molecule has 1 saturated heterocycles. The molecule has 7 nitrogen and oxygen atoms in total. The van der Waals surface area contributed by atoms with Crippen LogP contribution in [0.5, 0.6) is 11.5 Å². The van der Waals surface area contributed by atoms with E-state index >= 15 is 0 Å². The fourth-order valence-electron chi connectivity index (χ4n) is 4.11. The van der Waals surface area contributed by atoms with Crippen molar-refractivity contribution in [3.05, 3.63) is 44.2 Å². The highest BCUT2D eigenvalue weighted by Crippen LogP contribution is 2.39. The molecule has 0 spiro atoms. The van der Waals surface area contributed by atoms with Crippen molar-refractivity contribution < 1.29 is 9.47 Å². The molecule has 150 valence electrons. The van der Waals surface area contributed by atoms with Crippen molar-refractivity contribution in [2.45, 2.75) is 38.1 Å². The summed E-state index contributed by atoms with van der Waals surface area (Å²) in [6.07, 6.45) is 5.58. The molecular weight excluding hydrogens is 358 g/mol. The van der Waals surface area contributed by atoms with Crippen molar-refractivity contribution in [2.24, 2.45) is 0 Å². The quantitative estimate of drug-likeness (QED) is 0.556. The smallest absolute Gasteiger partial charge is 0.253 e. The molecule has 0 amide bonds. The molecule has 0 aliphatic carbocycles. The third-order valence-corrected chi connectivity index (χ3v) is 5.66. The van der Waals surface area contributed by atoms with Gasteiger partial charge in [0.25, 0.3) is 10.9 Å². The largest absolute Gasteiger partial charge is 0.494 e. The number of nitrogens with two attached hydrogens (primary N) is 1. The van der Waals surface area contributed by atoms with E-state index in [0.29, 0.717) is 25.6 Å². The van der Waals surface area contributed by atoms with Gasteiger partial charge in [-0.05, 0) is 50.6 Å². The molecule has 1 atom stereocenters. The lowest BCUT2D eigenvalue weighted by Gasteiger charge is -2.38. The average molecular weight is 385 g/mol. The van der Waals surface area contributed by atoms with E-state index in [4.69, 9.17) is 15.2 Å². The molecule has 0 bridgehead atoms. The first kappa shape index (κ1) is 18.8. The van der Waals surface area contributed by atoms with Gasteiger partial charge in [0.05, 0.1) is 13.2 Å². The summed E-state index contributed by atoms with van der Waals surface area (Å²) >= 11 is 0. The fourth-order valence-corrected chi connectivity index (χ4v) is 4.11. The van der Waals surface area contributed by atoms with Gasteiger partial charge in [-0.1, -0.05) is 6.42 Å². The highest BCUT2D eigenvalue weighted by molar-refractivity contribution is 5.71. The Balaban J connectivity index is 1.32. The maximum Gasteiger partial charge on any atom is 0.253 e. The monoisotopic (exact) mass is 385 g/mol. The number of nitrogens with one attached hydrogen (secondary N) is 1. The number of piperidine rings is 1. The number of likely N-dealkylation sites (tertiary alicyclic amines) is 1. The Morgan fingerprint density at radius 2 is 2.00 bits per heavy atom. The van der Waals surface area contributed by atoms with Crippen molar-refractivity contribution in [2.75, 3.05) is 43.9 Å². The van der Waals surface area contributed by atoms with Crippen LogP contribution in [0.3, 0.4) is 0 Å². The maximum absolute atomic E-state index is 11.4. The lowest BCUT2D eigenvalue weighted by Crippen LogP contribution is -2.37. The summed E-state index contributed by atoms with van der Waals surface area (Å²) in [5.74, 6) is 1.80. The second kappa shape index (κ2) is 8.22. The van der Waals surface area contributed by atoms with Crippen molar-refractivity contribution in [1.82, 2.24) is 4.90 Å². The lowest BCUT2D eigenvalue weighted by molar-refractivity contribution is 0.119. The van der Waals surface area contributed by atoms with Crippen LogP contribution in [0, 0.1) is 0 Å². The molecule has 2 aliphatic rings. The Labute approximate surface area is 164 Å². The van der Waals surface area contributed by atoms with Crippen molar-refractivity contribution >= 4 is 11.4 Å². The van der Waals surface area contributed by atoms with E-state index < -0.39 is 10.9 Å². The average Bonchev–Trinajstić information content (AvgIpc) is 2.75. The summed E-state index contributed by atoms with van der Waals surface area (Å²) in [7, 11) is 0. The summed E-state index contributed by atoms with van der Waals surface area (Å²) in [4.78, 5) is 25.0. The van der Waals surface area contributed by atoms with Crippen LogP contribution in [-0.4, -0.2) is 37.7 Å².